The summed E-state index contributed by atoms with van der Waals surface area (Å²) in [6, 6.07) is 2.78. The van der Waals surface area contributed by atoms with E-state index in [-0.39, 0.29) is 18.3 Å². The minimum absolute atomic E-state index is 0.0248. The van der Waals surface area contributed by atoms with Gasteiger partial charge < -0.3 is 10.8 Å². The fourth-order valence-corrected chi connectivity index (χ4v) is 1.64. The normalized spacial score (nSPS) is 12.5. The molecule has 0 spiro atoms. The number of aryl methyl sites for hydroxylation is 2. The van der Waals surface area contributed by atoms with Crippen LogP contribution in [0.4, 0.5) is 4.39 Å². The molecule has 1 aromatic carbocycles. The molecule has 0 aliphatic carbocycles. The smallest absolute Gasteiger partial charge is 0.303 e. The van der Waals surface area contributed by atoms with Gasteiger partial charge in [0.1, 0.15) is 5.82 Å². The number of carboxylic acids is 1. The molecule has 16 heavy (non-hydrogen) atoms. The summed E-state index contributed by atoms with van der Waals surface area (Å²) < 4.78 is 13.2. The number of halogens is 1. The Balaban J connectivity index is 2.86. The van der Waals surface area contributed by atoms with Crippen LogP contribution < -0.4 is 5.73 Å². The van der Waals surface area contributed by atoms with Gasteiger partial charge in [-0.15, -0.1) is 0 Å². The number of carboxylic acid groups (broad SMARTS) is 1. The largest absolute Gasteiger partial charge is 0.481 e. The maximum Gasteiger partial charge on any atom is 0.303 e. The predicted molar refractivity (Wildman–Crippen MR) is 59.7 cm³/mol. The van der Waals surface area contributed by atoms with Gasteiger partial charge in [-0.3, -0.25) is 4.79 Å². The van der Waals surface area contributed by atoms with Gasteiger partial charge in [-0.25, -0.2) is 4.39 Å². The van der Waals surface area contributed by atoms with Crippen molar-refractivity contribution in [3.63, 3.8) is 0 Å². The molecule has 1 unspecified atom stereocenters. The van der Waals surface area contributed by atoms with E-state index >= 15 is 0 Å². The molecule has 0 aliphatic heterocycles. The van der Waals surface area contributed by atoms with Gasteiger partial charge in [0.2, 0.25) is 0 Å². The highest BCUT2D eigenvalue weighted by atomic mass is 19.1. The highest BCUT2D eigenvalue weighted by molar-refractivity contribution is 5.66. The lowest BCUT2D eigenvalue weighted by molar-refractivity contribution is -0.137. The van der Waals surface area contributed by atoms with E-state index < -0.39 is 5.97 Å². The van der Waals surface area contributed by atoms with E-state index in [1.807, 2.05) is 0 Å². The van der Waals surface area contributed by atoms with Crippen LogP contribution in [0.15, 0.2) is 12.1 Å². The third-order valence-corrected chi connectivity index (χ3v) is 2.62. The number of hydrogen-bond donors (Lipinski definition) is 2. The summed E-state index contributed by atoms with van der Waals surface area (Å²) in [5.74, 6) is -1.13. The van der Waals surface area contributed by atoms with Gasteiger partial charge >= 0.3 is 5.97 Å². The molecule has 0 radical (unpaired) electrons. The summed E-state index contributed by atoms with van der Waals surface area (Å²) in [5, 5.41) is 8.56. The van der Waals surface area contributed by atoms with Gasteiger partial charge in [0.15, 0.2) is 0 Å². The molecule has 1 rings (SSSR count). The first-order valence-corrected chi connectivity index (χ1v) is 5.16. The van der Waals surface area contributed by atoms with E-state index in [2.05, 4.69) is 0 Å². The summed E-state index contributed by atoms with van der Waals surface area (Å²) in [5.41, 5.74) is 8.00. The number of benzene rings is 1. The second-order valence-electron chi connectivity index (χ2n) is 4.00. The van der Waals surface area contributed by atoms with Crippen molar-refractivity contribution in [1.29, 1.82) is 0 Å². The lowest BCUT2D eigenvalue weighted by Crippen LogP contribution is -2.14. The van der Waals surface area contributed by atoms with Crippen LogP contribution in [0, 0.1) is 19.7 Å². The van der Waals surface area contributed by atoms with Gasteiger partial charge in [-0.05, 0) is 43.0 Å². The van der Waals surface area contributed by atoms with Crippen molar-refractivity contribution in [2.24, 2.45) is 5.73 Å². The Morgan fingerprint density at radius 2 is 2.06 bits per heavy atom. The van der Waals surface area contributed by atoms with Crippen molar-refractivity contribution in [1.82, 2.24) is 0 Å². The maximum absolute atomic E-state index is 13.2. The van der Waals surface area contributed by atoms with Crippen LogP contribution in [-0.2, 0) is 4.79 Å². The Morgan fingerprint density at radius 3 is 2.62 bits per heavy atom. The first kappa shape index (κ1) is 12.6. The molecule has 0 saturated heterocycles. The van der Waals surface area contributed by atoms with Crippen molar-refractivity contribution >= 4 is 5.97 Å². The van der Waals surface area contributed by atoms with Crippen LogP contribution in [0.1, 0.15) is 35.6 Å². The quantitative estimate of drug-likeness (QED) is 0.826. The fourth-order valence-electron chi connectivity index (χ4n) is 1.64. The van der Waals surface area contributed by atoms with Crippen molar-refractivity contribution in [2.75, 3.05) is 0 Å². The van der Waals surface area contributed by atoms with Crippen LogP contribution in [0.5, 0.6) is 0 Å². The molecule has 0 fully saturated rings. The molecular formula is C12H16FNO2. The Morgan fingerprint density at radius 1 is 1.44 bits per heavy atom. The number of nitrogens with two attached hydrogens (primary N) is 1. The molecule has 3 N–H and O–H groups in total. The van der Waals surface area contributed by atoms with Crippen LogP contribution in [-0.4, -0.2) is 11.1 Å². The van der Waals surface area contributed by atoms with Crippen LogP contribution in [0.25, 0.3) is 0 Å². The Bertz CT molecular complexity index is 404. The molecule has 0 heterocycles. The zero-order valence-electron chi connectivity index (χ0n) is 9.46. The van der Waals surface area contributed by atoms with Crippen molar-refractivity contribution in [2.45, 2.75) is 32.7 Å². The SMILES string of the molecule is Cc1cc(C(N)CCC(=O)O)c(C)cc1F. The monoisotopic (exact) mass is 225 g/mol. The van der Waals surface area contributed by atoms with Gasteiger partial charge in [0.05, 0.1) is 0 Å². The van der Waals surface area contributed by atoms with Gasteiger partial charge in [-0.1, -0.05) is 6.07 Å². The topological polar surface area (TPSA) is 63.3 Å². The summed E-state index contributed by atoms with van der Waals surface area (Å²) >= 11 is 0. The van der Waals surface area contributed by atoms with E-state index in [1.54, 1.807) is 19.9 Å². The van der Waals surface area contributed by atoms with E-state index in [4.69, 9.17) is 10.8 Å². The van der Waals surface area contributed by atoms with Crippen LogP contribution >= 0.6 is 0 Å². The Labute approximate surface area is 94.1 Å². The molecule has 4 heteroatoms. The fraction of sp³-hybridized carbons (Fsp3) is 0.417. The molecule has 3 nitrogen and oxygen atoms in total. The highest BCUT2D eigenvalue weighted by Crippen LogP contribution is 2.22. The average Bonchev–Trinajstić information content (AvgIpc) is 2.20. The first-order valence-electron chi connectivity index (χ1n) is 5.16. The number of hydrogen-bond acceptors (Lipinski definition) is 2. The maximum atomic E-state index is 13.2. The second kappa shape index (κ2) is 5.07. The minimum Gasteiger partial charge on any atom is -0.481 e. The highest BCUT2D eigenvalue weighted by Gasteiger charge is 2.12. The average molecular weight is 225 g/mol. The molecule has 0 amide bonds. The number of carbonyl (C=O) groups is 1. The lowest BCUT2D eigenvalue weighted by atomic mass is 9.96. The molecule has 0 aromatic heterocycles. The summed E-state index contributed by atoms with van der Waals surface area (Å²) in [6.45, 7) is 3.45. The molecule has 0 saturated carbocycles. The van der Waals surface area contributed by atoms with Gasteiger partial charge in [0.25, 0.3) is 0 Å². The van der Waals surface area contributed by atoms with Crippen LogP contribution in [0.2, 0.25) is 0 Å². The van der Waals surface area contributed by atoms with E-state index in [1.165, 1.54) is 6.07 Å². The summed E-state index contributed by atoms with van der Waals surface area (Å²) in [6.07, 6.45) is 0.387. The second-order valence-corrected chi connectivity index (χ2v) is 4.00. The molecule has 0 aliphatic rings. The number of rotatable bonds is 4. The van der Waals surface area contributed by atoms with E-state index in [0.717, 1.165) is 11.1 Å². The summed E-state index contributed by atoms with van der Waals surface area (Å²) in [4.78, 5) is 10.4. The predicted octanol–water partition coefficient (Wildman–Crippen LogP) is 2.31. The van der Waals surface area contributed by atoms with Gasteiger partial charge in [0, 0.05) is 12.5 Å². The zero-order valence-corrected chi connectivity index (χ0v) is 9.46. The molecule has 0 bridgehead atoms. The Hall–Kier alpha value is -1.42. The van der Waals surface area contributed by atoms with Crippen LogP contribution in [0.3, 0.4) is 0 Å². The summed E-state index contributed by atoms with van der Waals surface area (Å²) in [7, 11) is 0. The third-order valence-electron chi connectivity index (χ3n) is 2.62. The first-order chi connectivity index (χ1) is 7.41. The molecule has 88 valence electrons. The zero-order chi connectivity index (χ0) is 12.3. The standard InChI is InChI=1S/C12H16FNO2/c1-7-6-10(13)8(2)5-9(7)11(14)3-4-12(15)16/h5-6,11H,3-4,14H2,1-2H3,(H,15,16). The Kier molecular flexibility index (Phi) is 4.01. The molecular weight excluding hydrogens is 209 g/mol. The van der Waals surface area contributed by atoms with Gasteiger partial charge in [-0.2, -0.15) is 0 Å². The third kappa shape index (κ3) is 3.03. The minimum atomic E-state index is -0.869. The van der Waals surface area contributed by atoms with E-state index in [9.17, 15) is 9.18 Å². The lowest BCUT2D eigenvalue weighted by Gasteiger charge is -2.15. The van der Waals surface area contributed by atoms with E-state index in [0.29, 0.717) is 12.0 Å². The van der Waals surface area contributed by atoms with Crippen molar-refractivity contribution in [3.05, 3.63) is 34.6 Å². The molecule has 1 aromatic rings. The van der Waals surface area contributed by atoms with Crippen molar-refractivity contribution < 1.29 is 14.3 Å². The number of aliphatic carboxylic acids is 1. The van der Waals surface area contributed by atoms with Crippen molar-refractivity contribution in [3.8, 4) is 0 Å². The molecule has 1 atom stereocenters.